The fraction of sp³-hybridized carbons (Fsp3) is 0.400. The molecule has 1 aliphatic rings. The minimum absolute atomic E-state index is 0.272. The Morgan fingerprint density at radius 2 is 2.04 bits per heavy atom. The molecule has 0 spiro atoms. The molecule has 1 aliphatic heterocycles. The van der Waals surface area contributed by atoms with Crippen molar-refractivity contribution in [3.8, 4) is 0 Å². The number of halogens is 1. The first-order chi connectivity index (χ1) is 11.0. The van der Waals surface area contributed by atoms with Crippen molar-refractivity contribution < 1.29 is 8.42 Å². The summed E-state index contributed by atoms with van der Waals surface area (Å²) in [5, 5.41) is 0. The van der Waals surface area contributed by atoms with Crippen LogP contribution in [-0.4, -0.2) is 33.0 Å². The van der Waals surface area contributed by atoms with Crippen LogP contribution in [-0.2, 0) is 10.0 Å². The molecule has 8 heteroatoms. The third-order valence-corrected chi connectivity index (χ3v) is 7.11. The molecule has 0 unspecified atom stereocenters. The number of nitrogens with zero attached hydrogens (tertiary/aromatic N) is 2. The lowest BCUT2D eigenvalue weighted by Crippen LogP contribution is -2.38. The number of pyridine rings is 1. The summed E-state index contributed by atoms with van der Waals surface area (Å²) in [4.78, 5) is 6.60. The predicted molar refractivity (Wildman–Crippen MR) is 93.7 cm³/mol. The molecular weight excluding hydrogens is 354 g/mol. The normalized spacial score (nSPS) is 16.7. The fourth-order valence-corrected chi connectivity index (χ4v) is 5.29. The number of nitrogens with one attached hydrogen (secondary N) is 1. The van der Waals surface area contributed by atoms with Crippen molar-refractivity contribution in [1.82, 2.24) is 9.71 Å². The summed E-state index contributed by atoms with van der Waals surface area (Å²) >= 11 is 6.88. The number of thiophene rings is 1. The highest BCUT2D eigenvalue weighted by Crippen LogP contribution is 2.26. The van der Waals surface area contributed by atoms with Crippen molar-refractivity contribution in [2.45, 2.75) is 17.1 Å². The summed E-state index contributed by atoms with van der Waals surface area (Å²) in [6.45, 7) is 2.26. The average molecular weight is 372 g/mol. The summed E-state index contributed by atoms with van der Waals surface area (Å²) in [5.74, 6) is 1.33. The van der Waals surface area contributed by atoms with Gasteiger partial charge in [0.15, 0.2) is 0 Å². The van der Waals surface area contributed by atoms with Crippen LogP contribution in [0.1, 0.15) is 12.8 Å². The van der Waals surface area contributed by atoms with Gasteiger partial charge in [0.05, 0.1) is 4.34 Å². The van der Waals surface area contributed by atoms with Crippen LogP contribution in [0.4, 0.5) is 5.82 Å². The molecule has 0 atom stereocenters. The molecule has 0 radical (unpaired) electrons. The van der Waals surface area contributed by atoms with Gasteiger partial charge in [-0.25, -0.2) is 18.1 Å². The van der Waals surface area contributed by atoms with E-state index in [1.165, 1.54) is 0 Å². The van der Waals surface area contributed by atoms with E-state index in [2.05, 4.69) is 14.6 Å². The van der Waals surface area contributed by atoms with Crippen molar-refractivity contribution in [2.75, 3.05) is 24.5 Å². The maximum atomic E-state index is 12.2. The van der Waals surface area contributed by atoms with Gasteiger partial charge in [-0.15, -0.1) is 11.3 Å². The van der Waals surface area contributed by atoms with Crippen LogP contribution < -0.4 is 9.62 Å². The van der Waals surface area contributed by atoms with Crippen LogP contribution in [0.2, 0.25) is 4.34 Å². The maximum Gasteiger partial charge on any atom is 0.250 e. The van der Waals surface area contributed by atoms with Gasteiger partial charge >= 0.3 is 0 Å². The second kappa shape index (κ2) is 7.17. The van der Waals surface area contributed by atoms with Crippen molar-refractivity contribution in [3.05, 3.63) is 40.9 Å². The summed E-state index contributed by atoms with van der Waals surface area (Å²) < 4.78 is 27.8. The largest absolute Gasteiger partial charge is 0.357 e. The summed E-state index contributed by atoms with van der Waals surface area (Å²) in [6, 6.07) is 9.03. The van der Waals surface area contributed by atoms with Crippen LogP contribution in [0.25, 0.3) is 0 Å². The number of rotatable bonds is 5. The zero-order valence-corrected chi connectivity index (χ0v) is 14.9. The molecule has 124 valence electrons. The highest BCUT2D eigenvalue weighted by molar-refractivity contribution is 7.91. The Hall–Kier alpha value is -1.15. The van der Waals surface area contributed by atoms with Crippen LogP contribution in [0, 0.1) is 5.92 Å². The predicted octanol–water partition coefficient (Wildman–Crippen LogP) is 2.99. The van der Waals surface area contributed by atoms with Crippen LogP contribution in [0.5, 0.6) is 0 Å². The van der Waals surface area contributed by atoms with Gasteiger partial charge in [-0.3, -0.25) is 0 Å². The van der Waals surface area contributed by atoms with Crippen LogP contribution in [0.3, 0.4) is 0 Å². The first-order valence-electron chi connectivity index (χ1n) is 7.45. The minimum atomic E-state index is -3.45. The van der Waals surface area contributed by atoms with Crippen molar-refractivity contribution in [1.29, 1.82) is 0 Å². The van der Waals surface area contributed by atoms with Crippen molar-refractivity contribution in [3.63, 3.8) is 0 Å². The lowest BCUT2D eigenvalue weighted by atomic mass is 9.97. The standard InChI is InChI=1S/C15H18ClN3O2S2/c16-13-4-5-15(22-13)23(20,21)18-11-12-6-9-19(10-7-12)14-3-1-2-8-17-14/h1-5,8,12,18H,6-7,9-11H2. The van der Waals surface area contributed by atoms with Gasteiger partial charge < -0.3 is 4.90 Å². The number of aromatic nitrogens is 1. The maximum absolute atomic E-state index is 12.2. The third-order valence-electron chi connectivity index (χ3n) is 3.96. The molecule has 0 amide bonds. The first kappa shape index (κ1) is 16.7. The molecule has 3 heterocycles. The molecule has 3 rings (SSSR count). The second-order valence-corrected chi connectivity index (χ2v) is 9.24. The zero-order valence-electron chi connectivity index (χ0n) is 12.5. The molecule has 23 heavy (non-hydrogen) atoms. The summed E-state index contributed by atoms with van der Waals surface area (Å²) in [6.07, 6.45) is 3.69. The second-order valence-electron chi connectivity index (χ2n) is 5.53. The van der Waals surface area contributed by atoms with E-state index in [0.29, 0.717) is 16.8 Å². The topological polar surface area (TPSA) is 62.3 Å². The number of piperidine rings is 1. The van der Waals surface area contributed by atoms with E-state index >= 15 is 0 Å². The van der Waals surface area contributed by atoms with E-state index in [1.807, 2.05) is 18.2 Å². The van der Waals surface area contributed by atoms with Gasteiger partial charge in [0, 0.05) is 25.8 Å². The van der Waals surface area contributed by atoms with Gasteiger partial charge in [-0.2, -0.15) is 0 Å². The molecule has 0 saturated carbocycles. The Kier molecular flexibility index (Phi) is 5.21. The van der Waals surface area contributed by atoms with Gasteiger partial charge in [0.25, 0.3) is 0 Å². The highest BCUT2D eigenvalue weighted by Gasteiger charge is 2.23. The molecule has 5 nitrogen and oxygen atoms in total. The van der Waals surface area contributed by atoms with E-state index in [-0.39, 0.29) is 4.21 Å². The van der Waals surface area contributed by atoms with Crippen LogP contribution >= 0.6 is 22.9 Å². The van der Waals surface area contributed by atoms with Crippen molar-refractivity contribution >= 4 is 38.8 Å². The first-order valence-corrected chi connectivity index (χ1v) is 10.1. The Balaban J connectivity index is 1.51. The van der Waals surface area contributed by atoms with Gasteiger partial charge in [0.1, 0.15) is 10.0 Å². The average Bonchev–Trinajstić information content (AvgIpc) is 3.02. The van der Waals surface area contributed by atoms with E-state index in [4.69, 9.17) is 11.6 Å². The molecule has 1 fully saturated rings. The van der Waals surface area contributed by atoms with Crippen LogP contribution in [0.15, 0.2) is 40.7 Å². The Morgan fingerprint density at radius 1 is 1.26 bits per heavy atom. The molecule has 1 saturated heterocycles. The Morgan fingerprint density at radius 3 is 2.65 bits per heavy atom. The molecule has 2 aromatic heterocycles. The van der Waals surface area contributed by atoms with E-state index in [1.54, 1.807) is 18.3 Å². The Labute approximate surface area is 145 Å². The van der Waals surface area contributed by atoms with Gasteiger partial charge in [-0.05, 0) is 43.0 Å². The van der Waals surface area contributed by atoms with Gasteiger partial charge in [0.2, 0.25) is 10.0 Å². The summed E-state index contributed by atoms with van der Waals surface area (Å²) in [5.41, 5.74) is 0. The molecule has 0 aliphatic carbocycles. The SMILES string of the molecule is O=S(=O)(NCC1CCN(c2ccccn2)CC1)c1ccc(Cl)s1. The third kappa shape index (κ3) is 4.23. The van der Waals surface area contributed by atoms with E-state index in [9.17, 15) is 8.42 Å². The molecule has 0 bridgehead atoms. The molecule has 1 N–H and O–H groups in total. The van der Waals surface area contributed by atoms with Crippen molar-refractivity contribution in [2.24, 2.45) is 5.92 Å². The zero-order chi connectivity index (χ0) is 16.3. The van der Waals surface area contributed by atoms with E-state index < -0.39 is 10.0 Å². The Bertz CT molecular complexity index is 741. The fourth-order valence-electron chi connectivity index (χ4n) is 2.65. The van der Waals surface area contributed by atoms with Gasteiger partial charge in [-0.1, -0.05) is 17.7 Å². The number of sulfonamides is 1. The molecule has 2 aromatic rings. The summed E-state index contributed by atoms with van der Waals surface area (Å²) in [7, 11) is -3.45. The minimum Gasteiger partial charge on any atom is -0.357 e. The highest BCUT2D eigenvalue weighted by atomic mass is 35.5. The molecular formula is C15H18ClN3O2S2. The lowest BCUT2D eigenvalue weighted by molar-refractivity contribution is 0.401. The lowest BCUT2D eigenvalue weighted by Gasteiger charge is -2.32. The van der Waals surface area contributed by atoms with E-state index in [0.717, 1.165) is 43.1 Å². The smallest absolute Gasteiger partial charge is 0.250 e. The number of anilines is 1. The number of hydrogen-bond acceptors (Lipinski definition) is 5. The quantitative estimate of drug-likeness (QED) is 0.877. The molecule has 0 aromatic carbocycles. The number of hydrogen-bond donors (Lipinski definition) is 1. The monoisotopic (exact) mass is 371 g/mol.